The Balaban J connectivity index is 2.03. The van der Waals surface area contributed by atoms with E-state index < -0.39 is 22.1 Å². The molecule has 1 aliphatic rings. The van der Waals surface area contributed by atoms with Gasteiger partial charge in [-0.05, 0) is 43.7 Å². The van der Waals surface area contributed by atoms with Crippen LogP contribution in [0.5, 0.6) is 0 Å². The molecule has 1 fully saturated rings. The maximum Gasteiger partial charge on any atom is 0.321 e. The fraction of sp³-hybridized carbons (Fsp3) is 0.667. The molecule has 0 bridgehead atoms. The molecular weight excluding hydrogens is 448 g/mol. The summed E-state index contributed by atoms with van der Waals surface area (Å²) < 4.78 is -1.45. The molecule has 3 unspecified atom stereocenters. The third-order valence-electron chi connectivity index (χ3n) is 7.70. The van der Waals surface area contributed by atoms with Crippen LogP contribution in [-0.4, -0.2) is 36.9 Å². The van der Waals surface area contributed by atoms with Gasteiger partial charge in [-0.3, -0.25) is 9.59 Å². The number of hydrogen-bond donors (Lipinski definition) is 3. The lowest BCUT2D eigenvalue weighted by Gasteiger charge is -2.52. The smallest absolute Gasteiger partial charge is 0.321 e. The molecular formula is C27H40N2O4S. The highest BCUT2D eigenvalue weighted by molar-refractivity contribution is 8.01. The van der Waals surface area contributed by atoms with Gasteiger partial charge in [0.25, 0.3) is 0 Å². The number of carboxylic acid groups (broad SMARTS) is 2. The number of fused-ring (bicyclic) bond motifs is 1. The molecule has 3 N–H and O–H groups in total. The molecule has 1 aromatic heterocycles. The van der Waals surface area contributed by atoms with Crippen molar-refractivity contribution in [2.45, 2.75) is 107 Å². The number of carboxylic acids is 2. The predicted molar refractivity (Wildman–Crippen MR) is 137 cm³/mol. The van der Waals surface area contributed by atoms with E-state index in [2.05, 4.69) is 23.8 Å². The van der Waals surface area contributed by atoms with Crippen LogP contribution >= 0.6 is 11.8 Å². The van der Waals surface area contributed by atoms with Gasteiger partial charge in [0.05, 0.1) is 16.4 Å². The van der Waals surface area contributed by atoms with Crippen LogP contribution in [0.1, 0.15) is 97.3 Å². The molecule has 3 rings (SSSR count). The predicted octanol–water partition coefficient (Wildman–Crippen LogP) is 7.29. The quantitative estimate of drug-likeness (QED) is 0.241. The number of hydrogen-bond acceptors (Lipinski definition) is 4. The number of carbonyl (C=O) groups is 2. The Labute approximate surface area is 207 Å². The number of H-pyrrole nitrogens is 1. The zero-order valence-corrected chi connectivity index (χ0v) is 21.5. The third kappa shape index (κ3) is 5.29. The average molecular weight is 489 g/mol. The Morgan fingerprint density at radius 3 is 2.38 bits per heavy atom. The molecule has 0 spiro atoms. The van der Waals surface area contributed by atoms with Crippen LogP contribution in [0.3, 0.4) is 0 Å². The molecule has 1 aliphatic carbocycles. The molecule has 0 aliphatic heterocycles. The largest absolute Gasteiger partial charge is 0.481 e. The number of nitrogens with one attached hydrogen (secondary N) is 1. The molecule has 0 amide bonds. The molecule has 7 heteroatoms. The van der Waals surface area contributed by atoms with Crippen LogP contribution < -0.4 is 0 Å². The topological polar surface area (TPSA) is 103 Å². The lowest BCUT2D eigenvalue weighted by atomic mass is 9.56. The van der Waals surface area contributed by atoms with Crippen LogP contribution in [0.2, 0.25) is 0 Å². The molecule has 0 radical (unpaired) electrons. The summed E-state index contributed by atoms with van der Waals surface area (Å²) >= 11 is 1.15. The van der Waals surface area contributed by atoms with Crippen molar-refractivity contribution in [1.29, 1.82) is 0 Å². The van der Waals surface area contributed by atoms with E-state index >= 15 is 0 Å². The standard InChI is InChI=1S/C27H40N2O4S/c1-3-5-7-9-14-20-15-13-19-27(24(32)33,26(20,23(30)31)18-12-8-6-4-2)34-25-28-21-16-10-11-17-22(21)29-25/h10-11,16-17,20H,3-9,12-15,18-19H2,1-2H3,(H,28,29)(H,30,31)(H,32,33). The second-order valence-electron chi connectivity index (χ2n) is 9.82. The van der Waals surface area contributed by atoms with E-state index in [9.17, 15) is 19.8 Å². The van der Waals surface area contributed by atoms with E-state index in [1.165, 1.54) is 0 Å². The summed E-state index contributed by atoms with van der Waals surface area (Å²) in [5.41, 5.74) is 0.281. The summed E-state index contributed by atoms with van der Waals surface area (Å²) in [6.45, 7) is 4.29. The van der Waals surface area contributed by atoms with Crippen molar-refractivity contribution in [2.75, 3.05) is 0 Å². The molecule has 1 saturated carbocycles. The van der Waals surface area contributed by atoms with Crippen molar-refractivity contribution < 1.29 is 19.8 Å². The Morgan fingerprint density at radius 1 is 1.03 bits per heavy atom. The first kappa shape index (κ1) is 26.6. The van der Waals surface area contributed by atoms with Crippen molar-refractivity contribution in [1.82, 2.24) is 9.97 Å². The first-order chi connectivity index (χ1) is 16.4. The highest BCUT2D eigenvalue weighted by atomic mass is 32.2. The minimum absolute atomic E-state index is 0.148. The number of para-hydroxylation sites is 2. The minimum Gasteiger partial charge on any atom is -0.481 e. The lowest BCUT2D eigenvalue weighted by molar-refractivity contribution is -0.169. The first-order valence-electron chi connectivity index (χ1n) is 13.0. The van der Waals surface area contributed by atoms with Gasteiger partial charge in [0.1, 0.15) is 4.75 Å². The molecule has 0 saturated heterocycles. The summed E-state index contributed by atoms with van der Waals surface area (Å²) in [5, 5.41) is 22.0. The van der Waals surface area contributed by atoms with Gasteiger partial charge in [-0.1, -0.05) is 95.5 Å². The Hall–Kier alpha value is -2.02. The average Bonchev–Trinajstić information content (AvgIpc) is 3.22. The second kappa shape index (κ2) is 12.1. The summed E-state index contributed by atoms with van der Waals surface area (Å²) in [6.07, 6.45) is 11.0. The Bertz CT molecular complexity index is 928. The van der Waals surface area contributed by atoms with Gasteiger partial charge in [-0.2, -0.15) is 0 Å². The number of aromatic nitrogens is 2. The normalized spacial score (nSPS) is 24.9. The number of benzene rings is 1. The third-order valence-corrected chi connectivity index (χ3v) is 9.17. The molecule has 3 atom stereocenters. The van der Waals surface area contributed by atoms with Crippen LogP contribution in [0.15, 0.2) is 29.4 Å². The van der Waals surface area contributed by atoms with E-state index in [1.54, 1.807) is 0 Å². The van der Waals surface area contributed by atoms with Gasteiger partial charge < -0.3 is 15.2 Å². The zero-order valence-electron chi connectivity index (χ0n) is 20.6. The Kier molecular flexibility index (Phi) is 9.46. The van der Waals surface area contributed by atoms with Crippen LogP contribution in [0.4, 0.5) is 0 Å². The SMILES string of the molecule is CCCCCCC1CCCC(Sc2nc3ccccc3[nH]2)(C(=O)O)C1(CCCCCC)C(=O)O. The van der Waals surface area contributed by atoms with Gasteiger partial charge in [-0.15, -0.1) is 0 Å². The lowest BCUT2D eigenvalue weighted by Crippen LogP contribution is -2.61. The minimum atomic E-state index is -1.45. The number of aromatic amines is 1. The highest BCUT2D eigenvalue weighted by Gasteiger charge is 2.66. The van der Waals surface area contributed by atoms with Crippen LogP contribution in [-0.2, 0) is 9.59 Å². The maximum absolute atomic E-state index is 13.2. The molecule has 1 heterocycles. The number of imidazole rings is 1. The van der Waals surface area contributed by atoms with Crippen molar-refractivity contribution in [3.8, 4) is 0 Å². The number of aliphatic carboxylic acids is 2. The van der Waals surface area contributed by atoms with Crippen molar-refractivity contribution in [3.05, 3.63) is 24.3 Å². The van der Waals surface area contributed by atoms with E-state index in [0.29, 0.717) is 18.0 Å². The van der Waals surface area contributed by atoms with Crippen molar-refractivity contribution in [2.24, 2.45) is 11.3 Å². The highest BCUT2D eigenvalue weighted by Crippen LogP contribution is 2.60. The van der Waals surface area contributed by atoms with E-state index in [4.69, 9.17) is 0 Å². The molecule has 34 heavy (non-hydrogen) atoms. The van der Waals surface area contributed by atoms with Crippen molar-refractivity contribution in [3.63, 3.8) is 0 Å². The number of nitrogens with zero attached hydrogens (tertiary/aromatic N) is 1. The summed E-state index contributed by atoms with van der Waals surface area (Å²) in [6, 6.07) is 7.60. The van der Waals surface area contributed by atoms with Gasteiger partial charge in [0, 0.05) is 0 Å². The molecule has 2 aromatic rings. The van der Waals surface area contributed by atoms with Gasteiger partial charge >= 0.3 is 11.9 Å². The van der Waals surface area contributed by atoms with Crippen LogP contribution in [0, 0.1) is 11.3 Å². The van der Waals surface area contributed by atoms with E-state index in [1.807, 2.05) is 24.3 Å². The fourth-order valence-electron chi connectivity index (χ4n) is 5.92. The first-order valence-corrected chi connectivity index (χ1v) is 13.8. The maximum atomic E-state index is 13.2. The monoisotopic (exact) mass is 488 g/mol. The number of rotatable bonds is 14. The molecule has 1 aromatic carbocycles. The fourth-order valence-corrected chi connectivity index (χ4v) is 7.43. The van der Waals surface area contributed by atoms with Gasteiger partial charge in [-0.25, -0.2) is 4.98 Å². The van der Waals surface area contributed by atoms with Crippen LogP contribution in [0.25, 0.3) is 11.0 Å². The van der Waals surface area contributed by atoms with E-state index in [-0.39, 0.29) is 5.92 Å². The number of unbranched alkanes of at least 4 members (excludes halogenated alkanes) is 6. The second-order valence-corrected chi connectivity index (χ2v) is 11.1. The molecule has 188 valence electrons. The van der Waals surface area contributed by atoms with Gasteiger partial charge in [0.15, 0.2) is 5.16 Å². The van der Waals surface area contributed by atoms with Gasteiger partial charge in [0.2, 0.25) is 0 Å². The number of thioether (sulfide) groups is 1. The summed E-state index contributed by atoms with van der Waals surface area (Å²) in [7, 11) is 0. The Morgan fingerprint density at radius 2 is 1.74 bits per heavy atom. The van der Waals surface area contributed by atoms with Crippen molar-refractivity contribution >= 4 is 34.7 Å². The summed E-state index contributed by atoms with van der Waals surface area (Å²) in [4.78, 5) is 34.2. The summed E-state index contributed by atoms with van der Waals surface area (Å²) in [5.74, 6) is -2.12. The zero-order chi connectivity index (χ0) is 24.6. The molecule has 6 nitrogen and oxygen atoms in total. The van der Waals surface area contributed by atoms with E-state index in [0.717, 1.165) is 93.4 Å².